The van der Waals surface area contributed by atoms with E-state index < -0.39 is 11.9 Å². The molecule has 0 amide bonds. The van der Waals surface area contributed by atoms with Gasteiger partial charge in [0.05, 0.1) is 10.0 Å². The highest BCUT2D eigenvalue weighted by Crippen LogP contribution is 2.34. The lowest BCUT2D eigenvalue weighted by atomic mass is 10.0. The van der Waals surface area contributed by atoms with Crippen molar-refractivity contribution in [3.05, 3.63) is 52.2 Å². The van der Waals surface area contributed by atoms with Gasteiger partial charge in [0.15, 0.2) is 0 Å². The molecule has 1 N–H and O–H groups in total. The Morgan fingerprint density at radius 1 is 1.33 bits per heavy atom. The number of carbonyl (C=O) groups is 1. The van der Waals surface area contributed by atoms with Gasteiger partial charge in [-0.25, -0.2) is 4.98 Å². The van der Waals surface area contributed by atoms with Crippen LogP contribution in [0.15, 0.2) is 35.0 Å². The minimum absolute atomic E-state index is 0.240. The minimum Gasteiger partial charge on any atom is -0.481 e. The summed E-state index contributed by atoms with van der Waals surface area (Å²) in [4.78, 5) is 20.0. The maximum absolute atomic E-state index is 11.4. The van der Waals surface area contributed by atoms with E-state index in [1.165, 1.54) is 6.92 Å². The number of carboxylic acid groups (broad SMARTS) is 1. The van der Waals surface area contributed by atoms with Gasteiger partial charge in [-0.15, -0.1) is 0 Å². The molecule has 1 atom stereocenters. The van der Waals surface area contributed by atoms with Crippen LogP contribution in [0.1, 0.15) is 24.4 Å². The lowest BCUT2D eigenvalue weighted by Gasteiger charge is -2.06. The van der Waals surface area contributed by atoms with E-state index in [0.29, 0.717) is 27.1 Å². The number of halogens is 2. The topological polar surface area (TPSA) is 81.2 Å². The van der Waals surface area contributed by atoms with E-state index in [0.717, 1.165) is 0 Å². The quantitative estimate of drug-likeness (QED) is 0.743. The van der Waals surface area contributed by atoms with E-state index in [4.69, 9.17) is 27.6 Å². The highest BCUT2D eigenvalue weighted by molar-refractivity contribution is 6.42. The van der Waals surface area contributed by atoms with E-state index in [2.05, 4.69) is 9.97 Å². The molecule has 0 aliphatic heterocycles. The molecule has 124 valence electrons. The third-order valence-electron chi connectivity index (χ3n) is 3.63. The van der Waals surface area contributed by atoms with Gasteiger partial charge in [-0.2, -0.15) is 4.98 Å². The first-order chi connectivity index (χ1) is 11.4. The number of oxazole rings is 1. The Kier molecular flexibility index (Phi) is 4.34. The van der Waals surface area contributed by atoms with Crippen LogP contribution < -0.4 is 0 Å². The van der Waals surface area contributed by atoms with Crippen LogP contribution >= 0.6 is 23.2 Å². The van der Waals surface area contributed by atoms with E-state index in [1.54, 1.807) is 42.1 Å². The predicted molar refractivity (Wildman–Crippen MR) is 89.9 cm³/mol. The number of hydrogen-bond acceptors (Lipinski definition) is 4. The van der Waals surface area contributed by atoms with Crippen LogP contribution in [-0.4, -0.2) is 25.6 Å². The SMILES string of the molecule is Cc1nccn1-c1nc(-c2ccc(Cl)c(Cl)c2)c(C(C)C(=O)O)o1. The second-order valence-corrected chi connectivity index (χ2v) is 6.06. The Morgan fingerprint density at radius 3 is 2.67 bits per heavy atom. The zero-order valence-electron chi connectivity index (χ0n) is 12.8. The van der Waals surface area contributed by atoms with Crippen LogP contribution in [0.5, 0.6) is 0 Å². The van der Waals surface area contributed by atoms with Crippen LogP contribution in [-0.2, 0) is 4.79 Å². The molecule has 0 aliphatic carbocycles. The molecule has 3 rings (SSSR count). The Bertz CT molecular complexity index is 917. The van der Waals surface area contributed by atoms with Crippen LogP contribution in [0, 0.1) is 6.92 Å². The molecule has 2 heterocycles. The Hall–Kier alpha value is -2.31. The van der Waals surface area contributed by atoms with Gasteiger partial charge in [-0.05, 0) is 26.0 Å². The zero-order valence-corrected chi connectivity index (χ0v) is 14.3. The fourth-order valence-electron chi connectivity index (χ4n) is 2.26. The van der Waals surface area contributed by atoms with Crippen LogP contribution in [0.3, 0.4) is 0 Å². The maximum Gasteiger partial charge on any atom is 0.314 e. The van der Waals surface area contributed by atoms with Gasteiger partial charge in [0.1, 0.15) is 23.2 Å². The highest BCUT2D eigenvalue weighted by atomic mass is 35.5. The van der Waals surface area contributed by atoms with Crippen LogP contribution in [0.4, 0.5) is 0 Å². The van der Waals surface area contributed by atoms with Gasteiger partial charge >= 0.3 is 12.0 Å². The normalized spacial score (nSPS) is 12.3. The minimum atomic E-state index is -1.01. The summed E-state index contributed by atoms with van der Waals surface area (Å²) in [6.07, 6.45) is 3.30. The Labute approximate surface area is 147 Å². The molecule has 1 aromatic carbocycles. The maximum atomic E-state index is 11.4. The summed E-state index contributed by atoms with van der Waals surface area (Å²) in [5, 5.41) is 10.1. The molecule has 0 fully saturated rings. The molecule has 0 radical (unpaired) electrons. The summed E-state index contributed by atoms with van der Waals surface area (Å²) in [6, 6.07) is 5.22. The van der Waals surface area contributed by atoms with Gasteiger partial charge in [0.25, 0.3) is 0 Å². The largest absolute Gasteiger partial charge is 0.481 e. The molecule has 0 aliphatic rings. The molecule has 3 aromatic rings. The first kappa shape index (κ1) is 16.5. The summed E-state index contributed by atoms with van der Waals surface area (Å²) in [5.74, 6) is -0.976. The molecule has 0 bridgehead atoms. The highest BCUT2D eigenvalue weighted by Gasteiger charge is 2.26. The third kappa shape index (κ3) is 2.90. The molecule has 24 heavy (non-hydrogen) atoms. The number of aliphatic carboxylic acids is 1. The average molecular weight is 366 g/mol. The predicted octanol–water partition coefficient (Wildman–Crippen LogP) is 4.33. The number of imidazole rings is 1. The van der Waals surface area contributed by atoms with E-state index in [9.17, 15) is 9.90 Å². The molecule has 0 saturated heterocycles. The van der Waals surface area contributed by atoms with Crippen molar-refractivity contribution in [2.75, 3.05) is 0 Å². The van der Waals surface area contributed by atoms with Gasteiger partial charge in [0, 0.05) is 18.0 Å². The second-order valence-electron chi connectivity index (χ2n) is 5.24. The molecule has 1 unspecified atom stereocenters. The van der Waals surface area contributed by atoms with E-state index in [1.807, 2.05) is 0 Å². The molecular weight excluding hydrogens is 353 g/mol. The van der Waals surface area contributed by atoms with Crippen molar-refractivity contribution in [3.63, 3.8) is 0 Å². The molecule has 8 heteroatoms. The monoisotopic (exact) mass is 365 g/mol. The van der Waals surface area contributed by atoms with Crippen molar-refractivity contribution in [2.45, 2.75) is 19.8 Å². The number of hydrogen-bond donors (Lipinski definition) is 1. The summed E-state index contributed by atoms with van der Waals surface area (Å²) >= 11 is 12.0. The number of aromatic nitrogens is 3. The first-order valence-electron chi connectivity index (χ1n) is 7.07. The average Bonchev–Trinajstić information content (AvgIpc) is 3.15. The Morgan fingerprint density at radius 2 is 2.08 bits per heavy atom. The summed E-state index contributed by atoms with van der Waals surface area (Å²) in [7, 11) is 0. The first-order valence-corrected chi connectivity index (χ1v) is 7.83. The fourth-order valence-corrected chi connectivity index (χ4v) is 2.56. The van der Waals surface area contributed by atoms with E-state index >= 15 is 0 Å². The Balaban J connectivity index is 2.19. The van der Waals surface area contributed by atoms with Gasteiger partial charge < -0.3 is 9.52 Å². The summed E-state index contributed by atoms with van der Waals surface area (Å²) < 4.78 is 7.38. The van der Waals surface area contributed by atoms with Gasteiger partial charge in [-0.1, -0.05) is 29.3 Å². The third-order valence-corrected chi connectivity index (χ3v) is 4.37. The number of carboxylic acids is 1. The van der Waals surface area contributed by atoms with E-state index in [-0.39, 0.29) is 11.8 Å². The van der Waals surface area contributed by atoms with Crippen molar-refractivity contribution in [3.8, 4) is 17.3 Å². The van der Waals surface area contributed by atoms with Crippen LogP contribution in [0.25, 0.3) is 17.3 Å². The molecule has 0 spiro atoms. The van der Waals surface area contributed by atoms with Crippen molar-refractivity contribution in [1.29, 1.82) is 0 Å². The molecular formula is C16H13Cl2N3O3. The van der Waals surface area contributed by atoms with Crippen molar-refractivity contribution < 1.29 is 14.3 Å². The van der Waals surface area contributed by atoms with Gasteiger partial charge in [-0.3, -0.25) is 9.36 Å². The fraction of sp³-hybridized carbons (Fsp3) is 0.188. The van der Waals surface area contributed by atoms with Crippen molar-refractivity contribution >= 4 is 29.2 Å². The van der Waals surface area contributed by atoms with Crippen LogP contribution in [0.2, 0.25) is 10.0 Å². The lowest BCUT2D eigenvalue weighted by Crippen LogP contribution is -2.07. The zero-order chi connectivity index (χ0) is 17.4. The summed E-state index contributed by atoms with van der Waals surface area (Å²) in [6.45, 7) is 3.33. The van der Waals surface area contributed by atoms with Gasteiger partial charge in [0.2, 0.25) is 0 Å². The summed E-state index contributed by atoms with van der Waals surface area (Å²) in [5.41, 5.74) is 1.03. The van der Waals surface area contributed by atoms with Crippen molar-refractivity contribution in [2.24, 2.45) is 0 Å². The second kappa shape index (κ2) is 6.30. The molecule has 2 aromatic heterocycles. The van der Waals surface area contributed by atoms with Crippen molar-refractivity contribution in [1.82, 2.24) is 14.5 Å². The number of nitrogens with zero attached hydrogens (tertiary/aromatic N) is 3. The number of aryl methyl sites for hydroxylation is 1. The smallest absolute Gasteiger partial charge is 0.314 e. The molecule has 6 nitrogen and oxygen atoms in total. The number of benzene rings is 1. The number of rotatable bonds is 4. The lowest BCUT2D eigenvalue weighted by molar-refractivity contribution is -0.138. The molecule has 0 saturated carbocycles. The standard InChI is InChI=1S/C16H13Cl2N3O3/c1-8(15(22)23)14-13(10-3-4-11(17)12(18)7-10)20-16(24-14)21-6-5-19-9(21)2/h3-8H,1-2H3,(H,22,23).